The molecule has 1 aliphatic carbocycles. The summed E-state index contributed by atoms with van der Waals surface area (Å²) in [6.07, 6.45) is 4.42. The Labute approximate surface area is 158 Å². The Morgan fingerprint density at radius 3 is 2.85 bits per heavy atom. The number of amides is 1. The number of nitrogens with one attached hydrogen (secondary N) is 2. The second kappa shape index (κ2) is 7.66. The maximum Gasteiger partial charge on any atom is 0.220 e. The van der Waals surface area contributed by atoms with Gasteiger partial charge in [0.15, 0.2) is 0 Å². The van der Waals surface area contributed by atoms with Crippen molar-refractivity contribution in [3.8, 4) is 17.0 Å². The quantitative estimate of drug-likeness (QED) is 0.701. The number of nitrogens with zero attached hydrogens (tertiary/aromatic N) is 1. The molecule has 0 radical (unpaired) electrons. The van der Waals surface area contributed by atoms with Gasteiger partial charge in [0.1, 0.15) is 5.75 Å². The molecule has 1 heterocycles. The third-order valence-electron chi connectivity index (χ3n) is 5.26. The Morgan fingerprint density at radius 2 is 2.04 bits per heavy atom. The van der Waals surface area contributed by atoms with Gasteiger partial charge in [-0.15, -0.1) is 0 Å². The van der Waals surface area contributed by atoms with E-state index in [0.717, 1.165) is 35.4 Å². The lowest BCUT2D eigenvalue weighted by molar-refractivity contribution is -0.121. The number of H-pyrrole nitrogens is 1. The molecule has 1 aliphatic rings. The van der Waals surface area contributed by atoms with Gasteiger partial charge >= 0.3 is 0 Å². The third kappa shape index (κ3) is 3.72. The van der Waals surface area contributed by atoms with E-state index in [1.807, 2.05) is 24.3 Å². The van der Waals surface area contributed by atoms with Crippen molar-refractivity contribution in [2.75, 3.05) is 7.11 Å². The average molecular weight is 361 g/mol. The van der Waals surface area contributed by atoms with E-state index in [-0.39, 0.29) is 5.91 Å². The number of rotatable bonds is 6. The molecule has 1 atom stereocenters. The van der Waals surface area contributed by atoms with Crippen molar-refractivity contribution in [2.45, 2.75) is 31.7 Å². The summed E-state index contributed by atoms with van der Waals surface area (Å²) in [5.74, 6) is 1.22. The smallest absolute Gasteiger partial charge is 0.220 e. The minimum Gasteiger partial charge on any atom is -0.497 e. The highest BCUT2D eigenvalue weighted by molar-refractivity contribution is 5.77. The van der Waals surface area contributed by atoms with E-state index < -0.39 is 0 Å². The first kappa shape index (κ1) is 17.3. The summed E-state index contributed by atoms with van der Waals surface area (Å²) in [5, 5.41) is 10.2. The van der Waals surface area contributed by atoms with Crippen LogP contribution >= 0.6 is 0 Å². The first-order valence-corrected chi connectivity index (χ1v) is 9.26. The number of methoxy groups -OCH3 is 1. The number of hydrogen-bond acceptors (Lipinski definition) is 3. The fourth-order valence-electron chi connectivity index (χ4n) is 3.80. The SMILES string of the molecule is COc1ccc(-c2[nH]ncc2CNC(=O)C[C@H]2CCc3ccccc32)cc1. The van der Waals surface area contributed by atoms with Crippen LogP contribution in [0.1, 0.15) is 35.4 Å². The highest BCUT2D eigenvalue weighted by Gasteiger charge is 2.24. The zero-order chi connectivity index (χ0) is 18.6. The molecule has 138 valence electrons. The Balaban J connectivity index is 1.38. The number of aromatic nitrogens is 2. The van der Waals surface area contributed by atoms with Crippen molar-refractivity contribution in [1.82, 2.24) is 15.5 Å². The first-order valence-electron chi connectivity index (χ1n) is 9.26. The fourth-order valence-corrected chi connectivity index (χ4v) is 3.80. The minimum atomic E-state index is 0.0820. The molecule has 0 aliphatic heterocycles. The van der Waals surface area contributed by atoms with Gasteiger partial charge in [0.05, 0.1) is 19.0 Å². The number of aryl methyl sites for hydroxylation is 1. The second-order valence-electron chi connectivity index (χ2n) is 6.91. The number of fused-ring (bicyclic) bond motifs is 1. The van der Waals surface area contributed by atoms with Crippen LogP contribution in [0.4, 0.5) is 0 Å². The molecule has 0 fully saturated rings. The molecule has 2 N–H and O–H groups in total. The van der Waals surface area contributed by atoms with E-state index in [2.05, 4.69) is 39.8 Å². The van der Waals surface area contributed by atoms with Crippen molar-refractivity contribution in [3.05, 3.63) is 71.4 Å². The molecule has 27 heavy (non-hydrogen) atoms. The molecular weight excluding hydrogens is 338 g/mol. The summed E-state index contributed by atoms with van der Waals surface area (Å²) >= 11 is 0. The highest BCUT2D eigenvalue weighted by Crippen LogP contribution is 2.35. The molecular formula is C22H23N3O2. The lowest BCUT2D eigenvalue weighted by Gasteiger charge is -2.12. The lowest BCUT2D eigenvalue weighted by Crippen LogP contribution is -2.24. The van der Waals surface area contributed by atoms with Gasteiger partial charge in [-0.3, -0.25) is 9.89 Å². The molecule has 5 heteroatoms. The van der Waals surface area contributed by atoms with Gasteiger partial charge in [0.25, 0.3) is 0 Å². The number of carbonyl (C=O) groups is 1. The molecule has 0 bridgehead atoms. The van der Waals surface area contributed by atoms with Crippen LogP contribution in [0.5, 0.6) is 5.75 Å². The second-order valence-corrected chi connectivity index (χ2v) is 6.91. The largest absolute Gasteiger partial charge is 0.497 e. The van der Waals surface area contributed by atoms with Crippen LogP contribution in [-0.4, -0.2) is 23.2 Å². The average Bonchev–Trinajstić information content (AvgIpc) is 3.34. The monoisotopic (exact) mass is 361 g/mol. The van der Waals surface area contributed by atoms with Crippen LogP contribution in [0.2, 0.25) is 0 Å². The topological polar surface area (TPSA) is 67.0 Å². The normalized spacial score (nSPS) is 15.4. The fraction of sp³-hybridized carbons (Fsp3) is 0.273. The van der Waals surface area contributed by atoms with Gasteiger partial charge < -0.3 is 10.1 Å². The summed E-state index contributed by atoms with van der Waals surface area (Å²) in [6.45, 7) is 0.463. The zero-order valence-electron chi connectivity index (χ0n) is 15.4. The molecule has 1 amide bonds. The van der Waals surface area contributed by atoms with Crippen LogP contribution in [-0.2, 0) is 17.8 Å². The van der Waals surface area contributed by atoms with Crippen molar-refractivity contribution in [1.29, 1.82) is 0 Å². The van der Waals surface area contributed by atoms with Gasteiger partial charge in [-0.1, -0.05) is 24.3 Å². The predicted molar refractivity (Wildman–Crippen MR) is 105 cm³/mol. The van der Waals surface area contributed by atoms with Crippen molar-refractivity contribution in [2.24, 2.45) is 0 Å². The Bertz CT molecular complexity index is 931. The molecule has 5 nitrogen and oxygen atoms in total. The van der Waals surface area contributed by atoms with E-state index in [0.29, 0.717) is 18.9 Å². The van der Waals surface area contributed by atoms with Crippen molar-refractivity contribution in [3.63, 3.8) is 0 Å². The number of hydrogen-bond donors (Lipinski definition) is 2. The zero-order valence-corrected chi connectivity index (χ0v) is 15.4. The molecule has 0 spiro atoms. The van der Waals surface area contributed by atoms with Crippen molar-refractivity contribution >= 4 is 5.91 Å². The summed E-state index contributed by atoms with van der Waals surface area (Å²) in [6, 6.07) is 16.2. The number of aromatic amines is 1. The third-order valence-corrected chi connectivity index (χ3v) is 5.26. The molecule has 0 unspecified atom stereocenters. The number of carbonyl (C=O) groups excluding carboxylic acids is 1. The van der Waals surface area contributed by atoms with Gasteiger partial charge in [0, 0.05) is 24.1 Å². The highest BCUT2D eigenvalue weighted by atomic mass is 16.5. The van der Waals surface area contributed by atoms with E-state index in [4.69, 9.17) is 4.74 Å². The molecule has 0 saturated carbocycles. The summed E-state index contributed by atoms with van der Waals surface area (Å²) < 4.78 is 5.20. The van der Waals surface area contributed by atoms with Gasteiger partial charge in [-0.25, -0.2) is 0 Å². The predicted octanol–water partition coefficient (Wildman–Crippen LogP) is 3.82. The summed E-state index contributed by atoms with van der Waals surface area (Å²) in [4.78, 5) is 12.5. The Kier molecular flexibility index (Phi) is 4.92. The maximum absolute atomic E-state index is 12.5. The van der Waals surface area contributed by atoms with Crippen LogP contribution < -0.4 is 10.1 Å². The van der Waals surface area contributed by atoms with Crippen LogP contribution in [0.25, 0.3) is 11.3 Å². The summed E-state index contributed by atoms with van der Waals surface area (Å²) in [7, 11) is 1.65. The van der Waals surface area contributed by atoms with Crippen LogP contribution in [0, 0.1) is 0 Å². The maximum atomic E-state index is 12.5. The van der Waals surface area contributed by atoms with E-state index in [9.17, 15) is 4.79 Å². The molecule has 4 rings (SSSR count). The standard InChI is InChI=1S/C22H23N3O2/c1-27-19-10-8-16(9-11-19)22-18(14-24-25-22)13-23-21(26)12-17-7-6-15-4-2-3-5-20(15)17/h2-5,8-11,14,17H,6-7,12-13H2,1H3,(H,23,26)(H,24,25)/t17-/m1/s1. The van der Waals surface area contributed by atoms with E-state index >= 15 is 0 Å². The van der Waals surface area contributed by atoms with Gasteiger partial charge in [-0.2, -0.15) is 5.10 Å². The van der Waals surface area contributed by atoms with Crippen LogP contribution in [0.3, 0.4) is 0 Å². The van der Waals surface area contributed by atoms with Crippen molar-refractivity contribution < 1.29 is 9.53 Å². The Hall–Kier alpha value is -3.08. The lowest BCUT2D eigenvalue weighted by atomic mass is 9.97. The van der Waals surface area contributed by atoms with E-state index in [1.54, 1.807) is 13.3 Å². The Morgan fingerprint density at radius 1 is 1.22 bits per heavy atom. The number of benzene rings is 2. The number of ether oxygens (including phenoxy) is 1. The van der Waals surface area contributed by atoms with Gasteiger partial charge in [-0.05, 0) is 54.2 Å². The van der Waals surface area contributed by atoms with E-state index in [1.165, 1.54) is 11.1 Å². The molecule has 3 aromatic rings. The first-order chi connectivity index (χ1) is 13.2. The molecule has 2 aromatic carbocycles. The summed E-state index contributed by atoms with van der Waals surface area (Å²) in [5.41, 5.74) is 5.62. The molecule has 0 saturated heterocycles. The van der Waals surface area contributed by atoms with Crippen LogP contribution in [0.15, 0.2) is 54.7 Å². The van der Waals surface area contributed by atoms with Gasteiger partial charge in [0.2, 0.25) is 5.91 Å². The molecule has 1 aromatic heterocycles. The minimum absolute atomic E-state index is 0.0820.